The van der Waals surface area contributed by atoms with Crippen LogP contribution in [0.4, 0.5) is 0 Å². The zero-order chi connectivity index (χ0) is 12.5. The molecule has 1 aromatic rings. The van der Waals surface area contributed by atoms with E-state index in [1.54, 1.807) is 11.8 Å². The van der Waals surface area contributed by atoms with Crippen molar-refractivity contribution in [1.29, 1.82) is 5.41 Å². The first-order chi connectivity index (χ1) is 8.01. The Morgan fingerprint density at radius 2 is 2.06 bits per heavy atom. The van der Waals surface area contributed by atoms with Crippen LogP contribution in [0, 0.1) is 10.8 Å². The first-order valence-electron chi connectivity index (χ1n) is 5.42. The highest BCUT2D eigenvalue weighted by Crippen LogP contribution is 2.52. The second-order valence-corrected chi connectivity index (χ2v) is 6.43. The maximum absolute atomic E-state index is 7.37. The first kappa shape index (κ1) is 13.1. The zero-order valence-electron chi connectivity index (χ0n) is 9.30. The monoisotopic (exact) mass is 288 g/mol. The molecule has 92 valence electrons. The second-order valence-electron chi connectivity index (χ2n) is 4.57. The van der Waals surface area contributed by atoms with E-state index in [0.717, 1.165) is 10.6 Å². The lowest BCUT2D eigenvalue weighted by Gasteiger charge is -2.13. The minimum atomic E-state index is 0.253. The van der Waals surface area contributed by atoms with Gasteiger partial charge in [0.25, 0.3) is 0 Å². The molecule has 0 radical (unpaired) electrons. The molecule has 0 aliphatic heterocycles. The van der Waals surface area contributed by atoms with E-state index in [9.17, 15) is 0 Å². The number of rotatable bonds is 5. The van der Waals surface area contributed by atoms with Gasteiger partial charge in [-0.15, -0.1) is 11.8 Å². The normalized spacial score (nSPS) is 16.8. The Hall–Kier alpha value is -0.380. The van der Waals surface area contributed by atoms with Crippen LogP contribution >= 0.6 is 35.0 Å². The van der Waals surface area contributed by atoms with Crippen molar-refractivity contribution in [2.24, 2.45) is 11.1 Å². The third-order valence-electron chi connectivity index (χ3n) is 2.96. The fourth-order valence-electron chi connectivity index (χ4n) is 1.76. The quantitative estimate of drug-likeness (QED) is 0.485. The maximum Gasteiger partial charge on any atom is 0.0911 e. The summed E-state index contributed by atoms with van der Waals surface area (Å²) < 4.78 is 0. The fourth-order valence-corrected chi connectivity index (χ4v) is 3.35. The van der Waals surface area contributed by atoms with Gasteiger partial charge in [0.2, 0.25) is 0 Å². The average molecular weight is 289 g/mol. The van der Waals surface area contributed by atoms with E-state index in [1.165, 1.54) is 12.8 Å². The predicted molar refractivity (Wildman–Crippen MR) is 75.4 cm³/mol. The lowest BCUT2D eigenvalue weighted by Crippen LogP contribution is -2.18. The number of hydrogen-bond donors (Lipinski definition) is 2. The van der Waals surface area contributed by atoms with Gasteiger partial charge in [0, 0.05) is 17.1 Å². The molecule has 0 amide bonds. The van der Waals surface area contributed by atoms with E-state index in [-0.39, 0.29) is 11.3 Å². The Balaban J connectivity index is 1.94. The molecule has 0 atom stereocenters. The summed E-state index contributed by atoms with van der Waals surface area (Å²) in [6.45, 7) is 0. The molecular formula is C12H14Cl2N2S. The van der Waals surface area contributed by atoms with Gasteiger partial charge in [-0.05, 0) is 36.5 Å². The van der Waals surface area contributed by atoms with Crippen molar-refractivity contribution in [2.45, 2.75) is 24.2 Å². The Bertz CT molecular complexity index is 444. The van der Waals surface area contributed by atoms with Crippen molar-refractivity contribution in [2.75, 3.05) is 5.75 Å². The smallest absolute Gasteiger partial charge is 0.0911 e. The standard InChI is InChI=1S/C12H14Cl2N2S/c13-9-2-1-8(5-10(9)14)17-7-12(3-4-12)6-11(15)16/h1-2,5H,3-4,6-7H2,(H3,15,16). The van der Waals surface area contributed by atoms with Crippen LogP contribution in [0.5, 0.6) is 0 Å². The first-order valence-corrected chi connectivity index (χ1v) is 7.16. The Morgan fingerprint density at radius 1 is 1.35 bits per heavy atom. The van der Waals surface area contributed by atoms with Gasteiger partial charge >= 0.3 is 0 Å². The lowest BCUT2D eigenvalue weighted by atomic mass is 10.1. The van der Waals surface area contributed by atoms with E-state index in [2.05, 4.69) is 0 Å². The van der Waals surface area contributed by atoms with Crippen LogP contribution in [-0.4, -0.2) is 11.6 Å². The third-order valence-corrected chi connectivity index (χ3v) is 5.04. The molecule has 2 rings (SSSR count). The summed E-state index contributed by atoms with van der Waals surface area (Å²) >= 11 is 13.6. The molecule has 1 fully saturated rings. The molecule has 1 aliphatic carbocycles. The minimum absolute atomic E-state index is 0.253. The lowest BCUT2D eigenvalue weighted by molar-refractivity contribution is 0.612. The van der Waals surface area contributed by atoms with Crippen LogP contribution in [0.3, 0.4) is 0 Å². The van der Waals surface area contributed by atoms with E-state index in [1.807, 2.05) is 18.2 Å². The van der Waals surface area contributed by atoms with Crippen molar-refractivity contribution in [3.05, 3.63) is 28.2 Å². The molecule has 5 heteroatoms. The molecular weight excluding hydrogens is 275 g/mol. The molecule has 0 aromatic heterocycles. The molecule has 0 saturated heterocycles. The van der Waals surface area contributed by atoms with E-state index in [0.29, 0.717) is 16.5 Å². The van der Waals surface area contributed by atoms with E-state index in [4.69, 9.17) is 34.3 Å². The number of nitrogens with two attached hydrogens (primary N) is 1. The topological polar surface area (TPSA) is 49.9 Å². The number of benzene rings is 1. The summed E-state index contributed by atoms with van der Waals surface area (Å²) in [5.41, 5.74) is 5.72. The van der Waals surface area contributed by atoms with Gasteiger partial charge in [-0.3, -0.25) is 5.41 Å². The number of hydrogen-bond acceptors (Lipinski definition) is 2. The van der Waals surface area contributed by atoms with Crippen LogP contribution in [-0.2, 0) is 0 Å². The summed E-state index contributed by atoms with van der Waals surface area (Å²) in [7, 11) is 0. The van der Waals surface area contributed by atoms with Gasteiger partial charge in [-0.1, -0.05) is 23.2 Å². The number of halogens is 2. The van der Waals surface area contributed by atoms with Crippen molar-refractivity contribution in [3.8, 4) is 0 Å². The highest BCUT2D eigenvalue weighted by atomic mass is 35.5. The largest absolute Gasteiger partial charge is 0.388 e. The summed E-state index contributed by atoms with van der Waals surface area (Å²) in [5, 5.41) is 8.54. The molecule has 0 bridgehead atoms. The molecule has 17 heavy (non-hydrogen) atoms. The van der Waals surface area contributed by atoms with E-state index < -0.39 is 0 Å². The SMILES string of the molecule is N=C(N)CC1(CSc2ccc(Cl)c(Cl)c2)CC1. The molecule has 3 N–H and O–H groups in total. The molecule has 0 spiro atoms. The Labute approximate surface area is 115 Å². The van der Waals surface area contributed by atoms with Gasteiger partial charge in [0.15, 0.2) is 0 Å². The van der Waals surface area contributed by atoms with Gasteiger partial charge < -0.3 is 5.73 Å². The number of amidine groups is 1. The van der Waals surface area contributed by atoms with Crippen LogP contribution in [0.25, 0.3) is 0 Å². The Kier molecular flexibility index (Phi) is 3.91. The maximum atomic E-state index is 7.37. The van der Waals surface area contributed by atoms with Gasteiger partial charge in [-0.25, -0.2) is 0 Å². The second kappa shape index (κ2) is 5.09. The predicted octanol–water partition coefficient (Wildman–Crippen LogP) is 4.19. The van der Waals surface area contributed by atoms with Gasteiger partial charge in [0.05, 0.1) is 15.9 Å². The van der Waals surface area contributed by atoms with Crippen molar-refractivity contribution < 1.29 is 0 Å². The molecule has 1 aliphatic rings. The summed E-state index contributed by atoms with van der Waals surface area (Å²) in [6.07, 6.45) is 3.04. The average Bonchev–Trinajstić information content (AvgIpc) is 2.99. The van der Waals surface area contributed by atoms with Crippen LogP contribution in [0.2, 0.25) is 10.0 Å². The highest BCUT2D eigenvalue weighted by Gasteiger charge is 2.42. The van der Waals surface area contributed by atoms with Crippen LogP contribution in [0.1, 0.15) is 19.3 Å². The van der Waals surface area contributed by atoms with Crippen molar-refractivity contribution >= 4 is 40.8 Å². The number of thioether (sulfide) groups is 1. The Morgan fingerprint density at radius 3 is 2.59 bits per heavy atom. The molecule has 0 heterocycles. The molecule has 1 saturated carbocycles. The highest BCUT2D eigenvalue weighted by molar-refractivity contribution is 7.99. The summed E-state index contributed by atoms with van der Waals surface area (Å²) in [4.78, 5) is 1.12. The van der Waals surface area contributed by atoms with E-state index >= 15 is 0 Å². The van der Waals surface area contributed by atoms with Crippen LogP contribution < -0.4 is 5.73 Å². The summed E-state index contributed by atoms with van der Waals surface area (Å²) in [5.74, 6) is 1.28. The number of nitrogens with one attached hydrogen (secondary N) is 1. The van der Waals surface area contributed by atoms with Gasteiger partial charge in [0.1, 0.15) is 0 Å². The van der Waals surface area contributed by atoms with Crippen molar-refractivity contribution in [1.82, 2.24) is 0 Å². The molecule has 1 aromatic carbocycles. The summed E-state index contributed by atoms with van der Waals surface area (Å²) in [6, 6.07) is 5.68. The fraction of sp³-hybridized carbons (Fsp3) is 0.417. The molecule has 0 unspecified atom stereocenters. The van der Waals surface area contributed by atoms with Gasteiger partial charge in [-0.2, -0.15) is 0 Å². The van der Waals surface area contributed by atoms with Crippen LogP contribution in [0.15, 0.2) is 23.1 Å². The third kappa shape index (κ3) is 3.54. The minimum Gasteiger partial charge on any atom is -0.388 e. The van der Waals surface area contributed by atoms with Crippen molar-refractivity contribution in [3.63, 3.8) is 0 Å². The zero-order valence-corrected chi connectivity index (χ0v) is 11.6. The molecule has 2 nitrogen and oxygen atoms in total.